The average Bonchev–Trinajstić information content (AvgIpc) is 2.76. The summed E-state index contributed by atoms with van der Waals surface area (Å²) in [5.41, 5.74) is 1.21. The Hall–Kier alpha value is -0.570. The van der Waals surface area contributed by atoms with Crippen LogP contribution in [0.15, 0.2) is 5.38 Å². The quantitative estimate of drug-likeness (QED) is 0.843. The van der Waals surface area contributed by atoms with E-state index in [4.69, 9.17) is 0 Å². The number of anilines is 1. The van der Waals surface area contributed by atoms with Gasteiger partial charge >= 0.3 is 0 Å². The predicted molar refractivity (Wildman–Crippen MR) is 66.6 cm³/mol. The molecule has 84 valence electrons. The van der Waals surface area contributed by atoms with Crippen molar-refractivity contribution in [2.45, 2.75) is 45.4 Å². The Morgan fingerprint density at radius 1 is 1.40 bits per heavy atom. The summed E-state index contributed by atoms with van der Waals surface area (Å²) in [5.74, 6) is 0.882. The molecule has 1 aromatic rings. The van der Waals surface area contributed by atoms with Gasteiger partial charge in [-0.15, -0.1) is 11.3 Å². The van der Waals surface area contributed by atoms with Gasteiger partial charge in [-0.2, -0.15) is 0 Å². The first-order valence-corrected chi connectivity index (χ1v) is 6.94. The van der Waals surface area contributed by atoms with E-state index in [2.05, 4.69) is 22.6 Å². The van der Waals surface area contributed by atoms with Crippen LogP contribution in [0.5, 0.6) is 0 Å². The average molecular weight is 224 g/mol. The van der Waals surface area contributed by atoms with Gasteiger partial charge in [0.15, 0.2) is 5.13 Å². The summed E-state index contributed by atoms with van der Waals surface area (Å²) in [6.07, 6.45) is 8.13. The number of hydrogen-bond acceptors (Lipinski definition) is 3. The van der Waals surface area contributed by atoms with Crippen LogP contribution in [0.2, 0.25) is 0 Å². The van der Waals surface area contributed by atoms with Crippen LogP contribution >= 0.6 is 11.3 Å². The number of rotatable bonds is 4. The van der Waals surface area contributed by atoms with Gasteiger partial charge in [0.05, 0.1) is 5.69 Å². The van der Waals surface area contributed by atoms with Crippen molar-refractivity contribution in [1.82, 2.24) is 4.98 Å². The third-order valence-corrected chi connectivity index (χ3v) is 4.03. The van der Waals surface area contributed by atoms with Crippen molar-refractivity contribution in [2.24, 2.45) is 5.92 Å². The fourth-order valence-electron chi connectivity index (χ4n) is 2.17. The highest BCUT2D eigenvalue weighted by molar-refractivity contribution is 7.13. The Balaban J connectivity index is 1.76. The summed E-state index contributed by atoms with van der Waals surface area (Å²) in [5, 5.41) is 6.74. The van der Waals surface area contributed by atoms with E-state index in [1.165, 1.54) is 37.8 Å². The fraction of sp³-hybridized carbons (Fsp3) is 0.750. The van der Waals surface area contributed by atoms with Crippen LogP contribution < -0.4 is 5.32 Å². The Morgan fingerprint density at radius 3 is 2.87 bits per heavy atom. The van der Waals surface area contributed by atoms with E-state index in [-0.39, 0.29) is 0 Å². The second-order valence-electron chi connectivity index (χ2n) is 4.38. The third-order valence-electron chi connectivity index (χ3n) is 3.18. The molecule has 0 saturated heterocycles. The standard InChI is InChI=1S/C12H20N2S/c1-2-11-9-15-12(14-11)13-8-10-6-4-3-5-7-10/h9-10H,2-8H2,1H3,(H,13,14). The van der Waals surface area contributed by atoms with Crippen molar-refractivity contribution in [3.05, 3.63) is 11.1 Å². The Kier molecular flexibility index (Phi) is 4.01. The van der Waals surface area contributed by atoms with E-state index in [0.717, 1.165) is 24.0 Å². The maximum atomic E-state index is 4.52. The van der Waals surface area contributed by atoms with Crippen LogP contribution in [0.1, 0.15) is 44.7 Å². The lowest BCUT2D eigenvalue weighted by Crippen LogP contribution is -2.16. The zero-order chi connectivity index (χ0) is 10.5. The SMILES string of the molecule is CCc1csc(NCC2CCCCC2)n1. The summed E-state index contributed by atoms with van der Waals surface area (Å²) >= 11 is 1.74. The number of aromatic nitrogens is 1. The van der Waals surface area contributed by atoms with Crippen molar-refractivity contribution in [3.63, 3.8) is 0 Å². The number of aryl methyl sites for hydroxylation is 1. The molecule has 0 spiro atoms. The maximum Gasteiger partial charge on any atom is 0.182 e. The van der Waals surface area contributed by atoms with Crippen LogP contribution in [-0.4, -0.2) is 11.5 Å². The monoisotopic (exact) mass is 224 g/mol. The first kappa shape index (κ1) is 10.9. The smallest absolute Gasteiger partial charge is 0.182 e. The molecule has 1 heterocycles. The van der Waals surface area contributed by atoms with E-state index in [1.807, 2.05) is 0 Å². The molecule has 0 amide bonds. The fourth-order valence-corrected chi connectivity index (χ4v) is 2.98. The third kappa shape index (κ3) is 3.20. The Labute approximate surface area is 96.1 Å². The zero-order valence-corrected chi connectivity index (χ0v) is 10.3. The lowest BCUT2D eigenvalue weighted by molar-refractivity contribution is 0.373. The lowest BCUT2D eigenvalue weighted by Gasteiger charge is -2.21. The molecule has 1 aliphatic rings. The lowest BCUT2D eigenvalue weighted by atomic mass is 9.89. The number of hydrogen-bond donors (Lipinski definition) is 1. The summed E-state index contributed by atoms with van der Waals surface area (Å²) < 4.78 is 0. The zero-order valence-electron chi connectivity index (χ0n) is 9.46. The normalized spacial score (nSPS) is 17.9. The molecule has 15 heavy (non-hydrogen) atoms. The van der Waals surface area contributed by atoms with Gasteiger partial charge in [-0.3, -0.25) is 0 Å². The topological polar surface area (TPSA) is 24.9 Å². The molecule has 1 N–H and O–H groups in total. The first-order valence-electron chi connectivity index (χ1n) is 6.06. The van der Waals surface area contributed by atoms with Crippen LogP contribution in [0.3, 0.4) is 0 Å². The van der Waals surface area contributed by atoms with Crippen LogP contribution in [0.25, 0.3) is 0 Å². The molecule has 0 bridgehead atoms. The van der Waals surface area contributed by atoms with Gasteiger partial charge in [0.2, 0.25) is 0 Å². The van der Waals surface area contributed by atoms with Gasteiger partial charge in [-0.1, -0.05) is 26.2 Å². The number of thiazole rings is 1. The molecule has 2 nitrogen and oxygen atoms in total. The Morgan fingerprint density at radius 2 is 2.20 bits per heavy atom. The molecule has 1 aromatic heterocycles. The van der Waals surface area contributed by atoms with Crippen molar-refractivity contribution < 1.29 is 0 Å². The molecule has 0 atom stereocenters. The summed E-state index contributed by atoms with van der Waals surface area (Å²) in [4.78, 5) is 4.52. The van der Waals surface area contributed by atoms with E-state index >= 15 is 0 Å². The van der Waals surface area contributed by atoms with Crippen LogP contribution in [-0.2, 0) is 6.42 Å². The van der Waals surface area contributed by atoms with Gasteiger partial charge in [0.25, 0.3) is 0 Å². The molecule has 0 aromatic carbocycles. The molecule has 1 fully saturated rings. The predicted octanol–water partition coefficient (Wildman–Crippen LogP) is 3.70. The minimum Gasteiger partial charge on any atom is -0.361 e. The second kappa shape index (κ2) is 5.50. The molecule has 0 unspecified atom stereocenters. The maximum absolute atomic E-state index is 4.52. The van der Waals surface area contributed by atoms with Gasteiger partial charge in [-0.05, 0) is 25.2 Å². The minimum atomic E-state index is 0.882. The molecular weight excluding hydrogens is 204 g/mol. The van der Waals surface area contributed by atoms with Crippen molar-refractivity contribution in [1.29, 1.82) is 0 Å². The van der Waals surface area contributed by atoms with E-state index in [9.17, 15) is 0 Å². The Bertz CT molecular complexity index is 290. The largest absolute Gasteiger partial charge is 0.361 e. The first-order chi connectivity index (χ1) is 7.38. The molecule has 0 radical (unpaired) electrons. The van der Waals surface area contributed by atoms with Crippen molar-refractivity contribution in [2.75, 3.05) is 11.9 Å². The number of nitrogens with zero attached hydrogens (tertiary/aromatic N) is 1. The van der Waals surface area contributed by atoms with Gasteiger partial charge in [0, 0.05) is 11.9 Å². The van der Waals surface area contributed by atoms with E-state index < -0.39 is 0 Å². The van der Waals surface area contributed by atoms with E-state index in [1.54, 1.807) is 11.3 Å². The highest BCUT2D eigenvalue weighted by Gasteiger charge is 2.13. The highest BCUT2D eigenvalue weighted by Crippen LogP contribution is 2.24. The van der Waals surface area contributed by atoms with Gasteiger partial charge in [0.1, 0.15) is 0 Å². The molecule has 2 rings (SSSR count). The number of nitrogens with one attached hydrogen (secondary N) is 1. The summed E-state index contributed by atoms with van der Waals surface area (Å²) in [6, 6.07) is 0. The van der Waals surface area contributed by atoms with Crippen molar-refractivity contribution >= 4 is 16.5 Å². The van der Waals surface area contributed by atoms with E-state index in [0.29, 0.717) is 0 Å². The molecule has 1 saturated carbocycles. The summed E-state index contributed by atoms with van der Waals surface area (Å²) in [7, 11) is 0. The minimum absolute atomic E-state index is 0.882. The van der Waals surface area contributed by atoms with Gasteiger partial charge < -0.3 is 5.32 Å². The molecule has 0 aliphatic heterocycles. The molecule has 1 aliphatic carbocycles. The van der Waals surface area contributed by atoms with Crippen molar-refractivity contribution in [3.8, 4) is 0 Å². The second-order valence-corrected chi connectivity index (χ2v) is 5.24. The highest BCUT2D eigenvalue weighted by atomic mass is 32.1. The molecule has 3 heteroatoms. The van der Waals surface area contributed by atoms with Crippen LogP contribution in [0, 0.1) is 5.92 Å². The van der Waals surface area contributed by atoms with Gasteiger partial charge in [-0.25, -0.2) is 4.98 Å². The molecular formula is C12H20N2S. The van der Waals surface area contributed by atoms with Crippen LogP contribution in [0.4, 0.5) is 5.13 Å². The summed E-state index contributed by atoms with van der Waals surface area (Å²) in [6.45, 7) is 3.27.